The second-order valence-corrected chi connectivity index (χ2v) is 11.6. The summed E-state index contributed by atoms with van der Waals surface area (Å²) in [5.41, 5.74) is 4.08. The molecular weight excluding hydrogens is 556 g/mol. The maximum Gasteiger partial charge on any atom is 0.309 e. The monoisotopic (exact) mass is 582 g/mol. The van der Waals surface area contributed by atoms with E-state index in [4.69, 9.17) is 16.3 Å². The van der Waals surface area contributed by atoms with Gasteiger partial charge in [0, 0.05) is 35.1 Å². The van der Waals surface area contributed by atoms with Crippen molar-refractivity contribution in [3.05, 3.63) is 116 Å². The van der Waals surface area contributed by atoms with E-state index in [1.54, 1.807) is 34.0 Å². The van der Waals surface area contributed by atoms with E-state index in [0.717, 1.165) is 28.2 Å². The zero-order chi connectivity index (χ0) is 29.0. The molecule has 0 spiro atoms. The van der Waals surface area contributed by atoms with E-state index >= 15 is 0 Å². The summed E-state index contributed by atoms with van der Waals surface area (Å²) in [5, 5.41) is 12.9. The van der Waals surface area contributed by atoms with Gasteiger partial charge in [0.15, 0.2) is 0 Å². The minimum atomic E-state index is -0.441. The summed E-state index contributed by atoms with van der Waals surface area (Å²) < 4.78 is 7.35. The minimum absolute atomic E-state index is 0.0297. The number of halogens is 1. The van der Waals surface area contributed by atoms with Crippen molar-refractivity contribution in [1.82, 2.24) is 9.55 Å². The lowest BCUT2D eigenvalue weighted by atomic mass is 9.81. The number of aromatic nitrogens is 2. The van der Waals surface area contributed by atoms with Gasteiger partial charge in [-0.3, -0.25) is 24.3 Å². The lowest BCUT2D eigenvalue weighted by Crippen LogP contribution is -2.24. The fourth-order valence-corrected chi connectivity index (χ4v) is 6.89. The Bertz CT molecular complexity index is 1730. The summed E-state index contributed by atoms with van der Waals surface area (Å²) in [5.74, 6) is 0.132. The van der Waals surface area contributed by atoms with Crippen LogP contribution < -0.4 is 4.90 Å². The Morgan fingerprint density at radius 1 is 1.05 bits per heavy atom. The number of nitro benzene ring substituents is 1. The predicted octanol–water partition coefficient (Wildman–Crippen LogP) is 6.71. The topological polar surface area (TPSA) is 108 Å². The van der Waals surface area contributed by atoms with Crippen LogP contribution in [0.5, 0.6) is 0 Å². The van der Waals surface area contributed by atoms with E-state index < -0.39 is 4.92 Å². The van der Waals surface area contributed by atoms with Crippen molar-refractivity contribution in [2.45, 2.75) is 50.7 Å². The number of benzene rings is 3. The number of amides is 1. The Morgan fingerprint density at radius 2 is 1.83 bits per heavy atom. The van der Waals surface area contributed by atoms with Crippen LogP contribution in [0.15, 0.2) is 73.1 Å². The molecule has 7 rings (SSSR count). The van der Waals surface area contributed by atoms with E-state index in [9.17, 15) is 19.7 Å². The number of imidazole rings is 1. The van der Waals surface area contributed by atoms with Crippen molar-refractivity contribution in [3.63, 3.8) is 0 Å². The van der Waals surface area contributed by atoms with Gasteiger partial charge in [-0.25, -0.2) is 4.98 Å². The first-order valence-corrected chi connectivity index (χ1v) is 14.5. The number of ether oxygens (including phenoxy) is 1. The standard InChI is InChI=1S/C32H27ClN4O5/c33-23-10-11-26-22(14-23)15-27-24-16-28(29(37(40)41)17-25(24)31(38)36(26)27)35-13-12-34-30(35)20-6-8-21(9-7-20)32(39)42-18-19-4-2-1-3-5-19/h1-5,10-14,16-17,20-21,27H,6-9,15,18H2. The number of carbonyl (C=O) groups is 2. The third-order valence-electron chi connectivity index (χ3n) is 8.76. The molecule has 3 heterocycles. The number of carbonyl (C=O) groups excluding carboxylic acids is 2. The molecule has 1 amide bonds. The number of nitro groups is 1. The molecule has 3 aliphatic rings. The molecule has 212 valence electrons. The number of fused-ring (bicyclic) bond motifs is 5. The van der Waals surface area contributed by atoms with Crippen LogP contribution in [0.1, 0.15) is 70.5 Å². The van der Waals surface area contributed by atoms with E-state index in [-0.39, 0.29) is 42.0 Å². The van der Waals surface area contributed by atoms with Gasteiger partial charge in [0.05, 0.1) is 22.4 Å². The predicted molar refractivity (Wildman–Crippen MR) is 156 cm³/mol. The molecule has 0 N–H and O–H groups in total. The second-order valence-electron chi connectivity index (χ2n) is 11.2. The van der Waals surface area contributed by atoms with Gasteiger partial charge >= 0.3 is 5.97 Å². The van der Waals surface area contributed by atoms with Gasteiger partial charge in [-0.15, -0.1) is 0 Å². The normalized spacial score (nSPS) is 20.6. The van der Waals surface area contributed by atoms with Crippen molar-refractivity contribution in [2.75, 3.05) is 4.90 Å². The Labute approximate surface area is 246 Å². The van der Waals surface area contributed by atoms with E-state index in [2.05, 4.69) is 4.98 Å². The third-order valence-corrected chi connectivity index (χ3v) is 8.99. The summed E-state index contributed by atoms with van der Waals surface area (Å²) in [6, 6.07) is 18.0. The lowest BCUT2D eigenvalue weighted by molar-refractivity contribution is -0.384. The number of anilines is 1. The van der Waals surface area contributed by atoms with Crippen LogP contribution in [0, 0.1) is 16.0 Å². The highest BCUT2D eigenvalue weighted by molar-refractivity contribution is 6.30. The quantitative estimate of drug-likeness (QED) is 0.142. The molecule has 1 aliphatic carbocycles. The summed E-state index contributed by atoms with van der Waals surface area (Å²) >= 11 is 6.21. The van der Waals surface area contributed by atoms with Crippen LogP contribution in [0.3, 0.4) is 0 Å². The molecule has 9 nitrogen and oxygen atoms in total. The first kappa shape index (κ1) is 26.4. The summed E-state index contributed by atoms with van der Waals surface area (Å²) in [4.78, 5) is 44.3. The number of hydrogen-bond donors (Lipinski definition) is 0. The SMILES string of the molecule is O=C(OCc1ccccc1)C1CCC(c2nccn2-c2cc3c(cc2[N+](=O)[O-])C(=O)N2c4ccc(Cl)cc4CC32)CC1. The van der Waals surface area contributed by atoms with E-state index in [1.165, 1.54) is 6.07 Å². The van der Waals surface area contributed by atoms with Crippen LogP contribution >= 0.6 is 11.6 Å². The molecule has 3 aromatic carbocycles. The molecule has 1 fully saturated rings. The molecule has 1 aromatic heterocycles. The van der Waals surface area contributed by atoms with Crippen LogP contribution in [-0.4, -0.2) is 26.4 Å². The van der Waals surface area contributed by atoms with Crippen LogP contribution in [0.25, 0.3) is 5.69 Å². The largest absolute Gasteiger partial charge is 0.461 e. The first-order chi connectivity index (χ1) is 20.4. The fourth-order valence-electron chi connectivity index (χ4n) is 6.70. The van der Waals surface area contributed by atoms with Gasteiger partial charge in [-0.05, 0) is 73.1 Å². The molecule has 1 unspecified atom stereocenters. The molecule has 1 atom stereocenters. The van der Waals surface area contributed by atoms with Crippen molar-refractivity contribution in [2.24, 2.45) is 5.92 Å². The number of esters is 1. The zero-order valence-corrected chi connectivity index (χ0v) is 23.4. The summed E-state index contributed by atoms with van der Waals surface area (Å²) in [7, 11) is 0. The van der Waals surface area contributed by atoms with Gasteiger partial charge in [0.2, 0.25) is 0 Å². The Kier molecular flexibility index (Phi) is 6.54. The summed E-state index contributed by atoms with van der Waals surface area (Å²) in [6.45, 7) is 0.255. The highest BCUT2D eigenvalue weighted by Gasteiger charge is 2.45. The molecule has 0 bridgehead atoms. The number of hydrogen-bond acceptors (Lipinski definition) is 6. The molecule has 1 saturated carbocycles. The second kappa shape index (κ2) is 10.4. The Balaban J connectivity index is 1.13. The lowest BCUT2D eigenvalue weighted by Gasteiger charge is -2.27. The van der Waals surface area contributed by atoms with E-state index in [1.807, 2.05) is 42.5 Å². The Hall–Kier alpha value is -4.50. The highest BCUT2D eigenvalue weighted by Crippen LogP contribution is 2.49. The maximum absolute atomic E-state index is 13.4. The van der Waals surface area contributed by atoms with Crippen LogP contribution in [0.4, 0.5) is 11.4 Å². The zero-order valence-electron chi connectivity index (χ0n) is 22.6. The molecule has 0 radical (unpaired) electrons. The first-order valence-electron chi connectivity index (χ1n) is 14.1. The molecule has 10 heteroatoms. The van der Waals surface area contributed by atoms with Gasteiger partial charge in [0.1, 0.15) is 18.1 Å². The van der Waals surface area contributed by atoms with Gasteiger partial charge in [-0.2, -0.15) is 0 Å². The van der Waals surface area contributed by atoms with Crippen LogP contribution in [0.2, 0.25) is 5.02 Å². The van der Waals surface area contributed by atoms with Gasteiger partial charge in [-0.1, -0.05) is 41.9 Å². The third kappa shape index (κ3) is 4.44. The summed E-state index contributed by atoms with van der Waals surface area (Å²) in [6.07, 6.45) is 6.72. The van der Waals surface area contributed by atoms with E-state index in [0.29, 0.717) is 48.4 Å². The fraction of sp³-hybridized carbons (Fsp3) is 0.281. The smallest absolute Gasteiger partial charge is 0.309 e. The molecule has 2 aliphatic heterocycles. The van der Waals surface area contributed by atoms with Crippen molar-refractivity contribution < 1.29 is 19.2 Å². The molecular formula is C32H27ClN4O5. The minimum Gasteiger partial charge on any atom is -0.461 e. The molecule has 4 aromatic rings. The average Bonchev–Trinajstić information content (AvgIpc) is 3.70. The molecule has 0 saturated heterocycles. The van der Waals surface area contributed by atoms with Crippen molar-refractivity contribution in [1.29, 1.82) is 0 Å². The number of nitrogens with zero attached hydrogens (tertiary/aromatic N) is 4. The van der Waals surface area contributed by atoms with Crippen molar-refractivity contribution >= 4 is 34.9 Å². The van der Waals surface area contributed by atoms with Gasteiger partial charge in [0.25, 0.3) is 11.6 Å². The van der Waals surface area contributed by atoms with Crippen LogP contribution in [-0.2, 0) is 22.6 Å². The number of rotatable bonds is 6. The van der Waals surface area contributed by atoms with Crippen molar-refractivity contribution in [3.8, 4) is 5.69 Å². The maximum atomic E-state index is 13.4. The Morgan fingerprint density at radius 3 is 2.60 bits per heavy atom. The van der Waals surface area contributed by atoms with Gasteiger partial charge < -0.3 is 9.64 Å². The highest BCUT2D eigenvalue weighted by atomic mass is 35.5. The average molecular weight is 583 g/mol. The molecule has 42 heavy (non-hydrogen) atoms.